The molecule has 1 aliphatic heterocycles. The smallest absolute Gasteiger partial charge is 0.408 e. The number of aryl methyl sites for hydroxylation is 1. The van der Waals surface area contributed by atoms with Crippen LogP contribution >= 0.6 is 0 Å². The molecule has 0 saturated carbocycles. The first-order valence-corrected chi connectivity index (χ1v) is 13.2. The SMILES string of the molecule is CC(C)(C)OC(=O)[C@H](CCOc1ccc(CCC(=O)NC2=NCCCN2)cc1)NC(=O)OCc1ccccc1. The number of hydrogen-bond acceptors (Lipinski definition) is 8. The van der Waals surface area contributed by atoms with E-state index in [1.54, 1.807) is 20.8 Å². The fourth-order valence-corrected chi connectivity index (χ4v) is 3.64. The Kier molecular flexibility index (Phi) is 11.1. The van der Waals surface area contributed by atoms with Crippen molar-refractivity contribution in [2.24, 2.45) is 4.99 Å². The molecule has 3 N–H and O–H groups in total. The molecule has 0 aliphatic carbocycles. The van der Waals surface area contributed by atoms with Gasteiger partial charge in [-0.05, 0) is 56.9 Å². The molecule has 10 heteroatoms. The van der Waals surface area contributed by atoms with Gasteiger partial charge in [0.2, 0.25) is 5.91 Å². The molecule has 3 rings (SSSR count). The predicted molar refractivity (Wildman–Crippen MR) is 147 cm³/mol. The Labute approximate surface area is 229 Å². The van der Waals surface area contributed by atoms with Crippen molar-refractivity contribution < 1.29 is 28.6 Å². The average molecular weight is 539 g/mol. The topological polar surface area (TPSA) is 127 Å². The van der Waals surface area contributed by atoms with E-state index in [1.807, 2.05) is 54.6 Å². The molecule has 2 aromatic carbocycles. The van der Waals surface area contributed by atoms with Gasteiger partial charge in [0.25, 0.3) is 0 Å². The number of hydrogen-bond donors (Lipinski definition) is 3. The third-order valence-electron chi connectivity index (χ3n) is 5.59. The van der Waals surface area contributed by atoms with Crippen LogP contribution in [0.5, 0.6) is 5.75 Å². The first-order valence-electron chi connectivity index (χ1n) is 13.2. The highest BCUT2D eigenvalue weighted by Gasteiger charge is 2.27. The fraction of sp³-hybridized carbons (Fsp3) is 0.448. The van der Waals surface area contributed by atoms with Crippen molar-refractivity contribution >= 4 is 23.9 Å². The quantitative estimate of drug-likeness (QED) is 0.374. The lowest BCUT2D eigenvalue weighted by Gasteiger charge is -2.24. The predicted octanol–water partition coefficient (Wildman–Crippen LogP) is 3.49. The number of amides is 2. The lowest BCUT2D eigenvalue weighted by atomic mass is 10.1. The minimum atomic E-state index is -0.937. The largest absolute Gasteiger partial charge is 0.494 e. The van der Waals surface area contributed by atoms with Gasteiger partial charge in [0, 0.05) is 25.9 Å². The zero-order chi connectivity index (χ0) is 28.1. The molecule has 210 valence electrons. The summed E-state index contributed by atoms with van der Waals surface area (Å²) in [5.41, 5.74) is 1.12. The number of ether oxygens (including phenoxy) is 3. The third-order valence-corrected chi connectivity index (χ3v) is 5.59. The second-order valence-corrected chi connectivity index (χ2v) is 10.1. The van der Waals surface area contributed by atoms with Gasteiger partial charge in [-0.3, -0.25) is 15.1 Å². The molecule has 0 saturated heterocycles. The summed E-state index contributed by atoms with van der Waals surface area (Å²) in [5, 5.41) is 8.45. The van der Waals surface area contributed by atoms with Crippen molar-refractivity contribution in [1.82, 2.24) is 16.0 Å². The highest BCUT2D eigenvalue weighted by molar-refractivity contribution is 5.97. The van der Waals surface area contributed by atoms with E-state index >= 15 is 0 Å². The molecule has 10 nitrogen and oxygen atoms in total. The maximum atomic E-state index is 12.7. The summed E-state index contributed by atoms with van der Waals surface area (Å²) in [6, 6.07) is 15.7. The Morgan fingerprint density at radius 2 is 1.77 bits per heavy atom. The van der Waals surface area contributed by atoms with Gasteiger partial charge in [-0.2, -0.15) is 0 Å². The van der Waals surface area contributed by atoms with Crippen molar-refractivity contribution in [2.75, 3.05) is 19.7 Å². The van der Waals surface area contributed by atoms with Crippen molar-refractivity contribution in [3.05, 3.63) is 65.7 Å². The molecule has 0 bridgehead atoms. The van der Waals surface area contributed by atoms with Crippen molar-refractivity contribution in [2.45, 2.75) is 64.7 Å². The third kappa shape index (κ3) is 11.5. The molecular formula is C29H38N4O6. The number of rotatable bonds is 11. The van der Waals surface area contributed by atoms with Gasteiger partial charge in [-0.15, -0.1) is 0 Å². The van der Waals surface area contributed by atoms with Crippen LogP contribution in [-0.4, -0.2) is 55.3 Å². The van der Waals surface area contributed by atoms with Gasteiger partial charge in [0.15, 0.2) is 5.96 Å². The van der Waals surface area contributed by atoms with Crippen molar-refractivity contribution in [3.63, 3.8) is 0 Å². The second-order valence-electron chi connectivity index (χ2n) is 10.1. The lowest BCUT2D eigenvalue weighted by Crippen LogP contribution is -2.45. The van der Waals surface area contributed by atoms with Crippen LogP contribution in [0.2, 0.25) is 0 Å². The standard InChI is InChI=1S/C29H38N4O6/c1-29(2,3)39-26(35)24(32-28(36)38-20-22-8-5-4-6-9-22)16-19-37-23-13-10-21(11-14-23)12-15-25(34)33-27-30-17-7-18-31-27/h4-6,8-11,13-14,24H,7,12,15-20H2,1-3H3,(H,32,36)(H2,30,31,33,34)/t24-/m0/s1. The Bertz CT molecular complexity index is 1110. The van der Waals surface area contributed by atoms with E-state index in [2.05, 4.69) is 20.9 Å². The van der Waals surface area contributed by atoms with Gasteiger partial charge in [0.05, 0.1) is 6.61 Å². The number of benzene rings is 2. The molecule has 39 heavy (non-hydrogen) atoms. The van der Waals surface area contributed by atoms with Crippen LogP contribution in [0, 0.1) is 0 Å². The fourth-order valence-electron chi connectivity index (χ4n) is 3.64. The maximum Gasteiger partial charge on any atom is 0.408 e. The lowest BCUT2D eigenvalue weighted by molar-refractivity contribution is -0.157. The number of aliphatic imine (C=N–C) groups is 1. The number of nitrogens with zero attached hydrogens (tertiary/aromatic N) is 1. The summed E-state index contributed by atoms with van der Waals surface area (Å²) in [6.45, 7) is 7.07. The van der Waals surface area contributed by atoms with Crippen LogP contribution in [-0.2, 0) is 32.1 Å². The number of carbonyl (C=O) groups excluding carboxylic acids is 3. The van der Waals surface area contributed by atoms with Gasteiger partial charge < -0.3 is 24.8 Å². The van der Waals surface area contributed by atoms with E-state index in [0.717, 1.165) is 30.6 Å². The summed E-state index contributed by atoms with van der Waals surface area (Å²) in [4.78, 5) is 41.5. The monoisotopic (exact) mass is 538 g/mol. The van der Waals surface area contributed by atoms with E-state index in [0.29, 0.717) is 24.6 Å². The normalized spacial score (nSPS) is 13.8. The van der Waals surface area contributed by atoms with E-state index in [1.165, 1.54) is 0 Å². The number of carbonyl (C=O) groups is 3. The maximum absolute atomic E-state index is 12.7. The molecule has 0 unspecified atom stereocenters. The number of nitrogens with one attached hydrogen (secondary N) is 3. The van der Waals surface area contributed by atoms with E-state index < -0.39 is 23.7 Å². The van der Waals surface area contributed by atoms with E-state index in [-0.39, 0.29) is 25.5 Å². The molecule has 1 atom stereocenters. The van der Waals surface area contributed by atoms with Crippen LogP contribution in [0.1, 0.15) is 51.2 Å². The van der Waals surface area contributed by atoms with Crippen LogP contribution in [0.15, 0.2) is 59.6 Å². The van der Waals surface area contributed by atoms with E-state index in [4.69, 9.17) is 14.2 Å². The van der Waals surface area contributed by atoms with Gasteiger partial charge in [0.1, 0.15) is 24.0 Å². The molecule has 0 aromatic heterocycles. The highest BCUT2D eigenvalue weighted by Crippen LogP contribution is 2.15. The number of alkyl carbamates (subject to hydrolysis) is 1. The summed E-state index contributed by atoms with van der Waals surface area (Å²) >= 11 is 0. The van der Waals surface area contributed by atoms with Crippen molar-refractivity contribution in [1.29, 1.82) is 0 Å². The number of esters is 1. The average Bonchev–Trinajstić information content (AvgIpc) is 2.91. The first kappa shape index (κ1) is 29.5. The molecule has 0 spiro atoms. The molecule has 2 amide bonds. The number of guanidine groups is 1. The molecular weight excluding hydrogens is 500 g/mol. The summed E-state index contributed by atoms with van der Waals surface area (Å²) in [7, 11) is 0. The zero-order valence-corrected chi connectivity index (χ0v) is 22.8. The van der Waals surface area contributed by atoms with Gasteiger partial charge in [-0.25, -0.2) is 9.59 Å². The Morgan fingerprint density at radius 1 is 1.03 bits per heavy atom. The second kappa shape index (κ2) is 14.8. The minimum Gasteiger partial charge on any atom is -0.494 e. The minimum absolute atomic E-state index is 0.0872. The van der Waals surface area contributed by atoms with Gasteiger partial charge >= 0.3 is 12.1 Å². The van der Waals surface area contributed by atoms with Crippen LogP contribution in [0.4, 0.5) is 4.79 Å². The van der Waals surface area contributed by atoms with Crippen LogP contribution in [0.25, 0.3) is 0 Å². The Morgan fingerprint density at radius 3 is 2.44 bits per heavy atom. The molecule has 1 heterocycles. The summed E-state index contributed by atoms with van der Waals surface area (Å²) < 4.78 is 16.5. The van der Waals surface area contributed by atoms with Crippen molar-refractivity contribution in [3.8, 4) is 5.75 Å². The molecule has 0 radical (unpaired) electrons. The van der Waals surface area contributed by atoms with Crippen LogP contribution in [0.3, 0.4) is 0 Å². The Hall–Kier alpha value is -4.08. The summed E-state index contributed by atoms with van der Waals surface area (Å²) in [5.74, 6) is 0.495. The molecule has 0 fully saturated rings. The first-order chi connectivity index (χ1) is 18.7. The van der Waals surface area contributed by atoms with E-state index in [9.17, 15) is 14.4 Å². The Balaban J connectivity index is 1.45. The molecule has 1 aliphatic rings. The molecule has 2 aromatic rings. The highest BCUT2D eigenvalue weighted by atomic mass is 16.6. The van der Waals surface area contributed by atoms with Gasteiger partial charge in [-0.1, -0.05) is 42.5 Å². The van der Waals surface area contributed by atoms with Crippen LogP contribution < -0.4 is 20.7 Å². The summed E-state index contributed by atoms with van der Waals surface area (Å²) in [6.07, 6.45) is 1.36. The zero-order valence-electron chi connectivity index (χ0n) is 22.8.